The Kier molecular flexibility index (Phi) is 4.12. The van der Waals surface area contributed by atoms with Gasteiger partial charge in [-0.15, -0.1) is 0 Å². The normalized spacial score (nSPS) is 20.0. The maximum absolute atomic E-state index is 12.9. The smallest absolute Gasteiger partial charge is 0.229 e. The zero-order valence-electron chi connectivity index (χ0n) is 9.21. The molecular weight excluding hydrogens is 289 g/mol. The van der Waals surface area contributed by atoms with Gasteiger partial charge in [0.25, 0.3) is 0 Å². The van der Waals surface area contributed by atoms with Gasteiger partial charge in [-0.2, -0.15) is 0 Å². The Bertz CT molecular complexity index is 419. The molecule has 1 aromatic rings. The summed E-state index contributed by atoms with van der Waals surface area (Å²) in [7, 11) is 0. The van der Waals surface area contributed by atoms with E-state index < -0.39 is 0 Å². The van der Waals surface area contributed by atoms with Crippen molar-refractivity contribution in [2.45, 2.75) is 12.8 Å². The highest BCUT2D eigenvalue weighted by molar-refractivity contribution is 9.10. The predicted molar refractivity (Wildman–Crippen MR) is 66.3 cm³/mol. The fourth-order valence-electron chi connectivity index (χ4n) is 1.77. The summed E-state index contributed by atoms with van der Waals surface area (Å²) < 4.78 is 18.7. The number of benzene rings is 1. The molecule has 1 heterocycles. The summed E-state index contributed by atoms with van der Waals surface area (Å²) in [5.74, 6) is -0.520. The molecule has 0 bridgehead atoms. The van der Waals surface area contributed by atoms with Gasteiger partial charge >= 0.3 is 0 Å². The molecule has 1 aliphatic heterocycles. The van der Waals surface area contributed by atoms with E-state index in [2.05, 4.69) is 21.2 Å². The average molecular weight is 302 g/mol. The number of carbonyl (C=O) groups excluding carboxylic acids is 1. The molecule has 0 aromatic heterocycles. The van der Waals surface area contributed by atoms with Crippen LogP contribution in [0.4, 0.5) is 10.1 Å². The molecule has 17 heavy (non-hydrogen) atoms. The number of hydrogen-bond acceptors (Lipinski definition) is 2. The molecule has 0 saturated carbocycles. The molecule has 1 saturated heterocycles. The fraction of sp³-hybridized carbons (Fsp3) is 0.417. The summed E-state index contributed by atoms with van der Waals surface area (Å²) in [5.41, 5.74) is 0.585. The van der Waals surface area contributed by atoms with Gasteiger partial charge in [0.2, 0.25) is 5.91 Å². The number of halogens is 2. The van der Waals surface area contributed by atoms with Crippen LogP contribution in [0.5, 0.6) is 0 Å². The van der Waals surface area contributed by atoms with Crippen LogP contribution < -0.4 is 5.32 Å². The lowest BCUT2D eigenvalue weighted by Gasteiger charge is -2.21. The van der Waals surface area contributed by atoms with Crippen LogP contribution >= 0.6 is 15.9 Å². The molecule has 1 aromatic carbocycles. The Balaban J connectivity index is 2.02. The van der Waals surface area contributed by atoms with Crippen molar-refractivity contribution >= 4 is 27.5 Å². The van der Waals surface area contributed by atoms with Crippen molar-refractivity contribution in [3.63, 3.8) is 0 Å². The molecule has 1 N–H and O–H groups in total. The van der Waals surface area contributed by atoms with Gasteiger partial charge in [0, 0.05) is 11.1 Å². The van der Waals surface area contributed by atoms with Gasteiger partial charge in [-0.05, 0) is 47.0 Å². The van der Waals surface area contributed by atoms with Crippen LogP contribution in [-0.2, 0) is 9.53 Å². The van der Waals surface area contributed by atoms with Gasteiger partial charge in [0.1, 0.15) is 5.82 Å². The summed E-state index contributed by atoms with van der Waals surface area (Å²) in [6, 6.07) is 4.19. The Morgan fingerprint density at radius 1 is 1.53 bits per heavy atom. The van der Waals surface area contributed by atoms with Crippen molar-refractivity contribution in [1.29, 1.82) is 0 Å². The quantitative estimate of drug-likeness (QED) is 0.912. The van der Waals surface area contributed by atoms with Crippen molar-refractivity contribution < 1.29 is 13.9 Å². The second-order valence-corrected chi connectivity index (χ2v) is 4.88. The number of amides is 1. The number of rotatable bonds is 2. The lowest BCUT2D eigenvalue weighted by atomic mass is 10.0. The highest BCUT2D eigenvalue weighted by Crippen LogP contribution is 2.24. The predicted octanol–water partition coefficient (Wildman–Crippen LogP) is 2.95. The first-order chi connectivity index (χ1) is 8.16. The molecule has 0 radical (unpaired) electrons. The molecule has 1 unspecified atom stereocenters. The molecule has 1 fully saturated rings. The fourth-order valence-corrected chi connectivity index (χ4v) is 2.22. The highest BCUT2D eigenvalue weighted by Gasteiger charge is 2.22. The van der Waals surface area contributed by atoms with Crippen molar-refractivity contribution in [1.82, 2.24) is 0 Å². The average Bonchev–Trinajstić information content (AvgIpc) is 2.34. The van der Waals surface area contributed by atoms with Crippen molar-refractivity contribution in [2.24, 2.45) is 5.92 Å². The van der Waals surface area contributed by atoms with E-state index >= 15 is 0 Å². The van der Waals surface area contributed by atoms with Crippen LogP contribution in [0.1, 0.15) is 12.8 Å². The summed E-state index contributed by atoms with van der Waals surface area (Å²) in [6.45, 7) is 1.19. The molecule has 1 atom stereocenters. The van der Waals surface area contributed by atoms with E-state index in [9.17, 15) is 9.18 Å². The Morgan fingerprint density at radius 2 is 2.35 bits per heavy atom. The highest BCUT2D eigenvalue weighted by atomic mass is 79.9. The van der Waals surface area contributed by atoms with E-state index in [4.69, 9.17) is 4.74 Å². The second kappa shape index (κ2) is 5.60. The molecule has 0 spiro atoms. The zero-order valence-corrected chi connectivity index (χ0v) is 10.8. The summed E-state index contributed by atoms with van der Waals surface area (Å²) in [6.07, 6.45) is 1.74. The van der Waals surface area contributed by atoms with Gasteiger partial charge in [0.05, 0.1) is 18.2 Å². The second-order valence-electron chi connectivity index (χ2n) is 4.03. The maximum Gasteiger partial charge on any atom is 0.229 e. The minimum Gasteiger partial charge on any atom is -0.381 e. The SMILES string of the molecule is O=C(Nc1ccc(F)cc1Br)C1CCCOC1. The van der Waals surface area contributed by atoms with Crippen LogP contribution in [0.15, 0.2) is 22.7 Å². The first-order valence-electron chi connectivity index (χ1n) is 5.50. The molecule has 1 amide bonds. The molecule has 0 aliphatic carbocycles. The van der Waals surface area contributed by atoms with Gasteiger partial charge in [0.15, 0.2) is 0 Å². The number of ether oxygens (including phenoxy) is 1. The largest absolute Gasteiger partial charge is 0.381 e. The maximum atomic E-state index is 12.9. The van der Waals surface area contributed by atoms with E-state index in [1.807, 2.05) is 0 Å². The molecular formula is C12H13BrFNO2. The Labute approximate surface area is 107 Å². The monoisotopic (exact) mass is 301 g/mol. The van der Waals surface area contributed by atoms with Gasteiger partial charge in [-0.25, -0.2) is 4.39 Å². The lowest BCUT2D eigenvalue weighted by Crippen LogP contribution is -2.30. The van der Waals surface area contributed by atoms with Crippen molar-refractivity contribution in [3.8, 4) is 0 Å². The summed E-state index contributed by atoms with van der Waals surface area (Å²) in [4.78, 5) is 11.9. The molecule has 1 aliphatic rings. The lowest BCUT2D eigenvalue weighted by molar-refractivity contribution is -0.123. The third kappa shape index (κ3) is 3.26. The molecule has 3 nitrogen and oxygen atoms in total. The van der Waals surface area contributed by atoms with Crippen LogP contribution in [0, 0.1) is 11.7 Å². The minimum atomic E-state index is -0.337. The number of nitrogens with one attached hydrogen (secondary N) is 1. The minimum absolute atomic E-state index is 0.0722. The van der Waals surface area contributed by atoms with Crippen molar-refractivity contribution in [2.75, 3.05) is 18.5 Å². The zero-order chi connectivity index (χ0) is 12.3. The van der Waals surface area contributed by atoms with E-state index in [0.717, 1.165) is 19.4 Å². The van der Waals surface area contributed by atoms with E-state index in [1.165, 1.54) is 12.1 Å². The number of anilines is 1. The van der Waals surface area contributed by atoms with Crippen molar-refractivity contribution in [3.05, 3.63) is 28.5 Å². The first kappa shape index (κ1) is 12.5. The summed E-state index contributed by atoms with van der Waals surface area (Å²) >= 11 is 3.21. The third-order valence-corrected chi connectivity index (χ3v) is 3.38. The van der Waals surface area contributed by atoms with E-state index in [-0.39, 0.29) is 17.6 Å². The molecule has 2 rings (SSSR count). The van der Waals surface area contributed by atoms with E-state index in [1.54, 1.807) is 6.07 Å². The van der Waals surface area contributed by atoms with Gasteiger partial charge in [-0.3, -0.25) is 4.79 Å². The third-order valence-electron chi connectivity index (χ3n) is 2.72. The summed E-state index contributed by atoms with van der Waals surface area (Å²) in [5, 5.41) is 2.77. The number of hydrogen-bond donors (Lipinski definition) is 1. The topological polar surface area (TPSA) is 38.3 Å². The van der Waals surface area contributed by atoms with Crippen LogP contribution in [0.2, 0.25) is 0 Å². The standard InChI is InChI=1S/C12H13BrFNO2/c13-10-6-9(14)3-4-11(10)15-12(16)8-2-1-5-17-7-8/h3-4,6,8H,1-2,5,7H2,(H,15,16). The molecule has 92 valence electrons. The molecule has 5 heteroatoms. The van der Waals surface area contributed by atoms with Gasteiger partial charge in [-0.1, -0.05) is 0 Å². The van der Waals surface area contributed by atoms with Crippen LogP contribution in [0.3, 0.4) is 0 Å². The van der Waals surface area contributed by atoms with Crippen LogP contribution in [0.25, 0.3) is 0 Å². The van der Waals surface area contributed by atoms with Gasteiger partial charge < -0.3 is 10.1 Å². The number of carbonyl (C=O) groups is 1. The van der Waals surface area contributed by atoms with E-state index in [0.29, 0.717) is 16.8 Å². The Hall–Kier alpha value is -0.940. The Morgan fingerprint density at radius 3 is 3.00 bits per heavy atom. The first-order valence-corrected chi connectivity index (χ1v) is 6.30. The van der Waals surface area contributed by atoms with Crippen LogP contribution in [-0.4, -0.2) is 19.1 Å².